The first-order chi connectivity index (χ1) is 24.5. The maximum atomic E-state index is 14.4. The minimum absolute atomic E-state index is 0.0461. The summed E-state index contributed by atoms with van der Waals surface area (Å²) in [6, 6.07) is 0. The van der Waals surface area contributed by atoms with Crippen molar-refractivity contribution >= 4 is 35.6 Å². The maximum absolute atomic E-state index is 14.4. The first kappa shape index (κ1) is 32.5. The quantitative estimate of drug-likeness (QED) is 0.210. The van der Waals surface area contributed by atoms with Gasteiger partial charge in [0.15, 0.2) is 17.5 Å². The molecule has 3 aliphatic heterocycles. The molecule has 6 fully saturated rings. The van der Waals surface area contributed by atoms with Crippen LogP contribution in [0.5, 0.6) is 0 Å². The van der Waals surface area contributed by atoms with Gasteiger partial charge in [0.05, 0.1) is 29.7 Å². The van der Waals surface area contributed by atoms with Crippen molar-refractivity contribution in [3.8, 4) is 0 Å². The molecule has 3 heterocycles. The van der Waals surface area contributed by atoms with Gasteiger partial charge in [-0.3, -0.25) is 14.4 Å². The zero-order valence-electron chi connectivity index (χ0n) is 29.3. The van der Waals surface area contributed by atoms with Crippen LogP contribution in [0.25, 0.3) is 0 Å². The largest absolute Gasteiger partial charge is 0.461 e. The Morgan fingerprint density at radius 2 is 1.56 bits per heavy atom. The minimum atomic E-state index is -1.82. The van der Waals surface area contributed by atoms with E-state index in [9.17, 15) is 39.0 Å². The maximum Gasteiger partial charge on any atom is 0.338 e. The van der Waals surface area contributed by atoms with Gasteiger partial charge < -0.3 is 33.9 Å². The number of hydrogen-bond donors (Lipinski definition) is 2. The predicted molar refractivity (Wildman–Crippen MR) is 172 cm³/mol. The molecule has 52 heavy (non-hydrogen) atoms. The molecule has 6 saturated carbocycles. The first-order valence-electron chi connectivity index (χ1n) is 18.3. The Kier molecular flexibility index (Phi) is 6.07. The summed E-state index contributed by atoms with van der Waals surface area (Å²) >= 11 is 0. The molecule has 10 aliphatic rings. The lowest BCUT2D eigenvalue weighted by Crippen LogP contribution is -2.74. The molecule has 0 saturated heterocycles. The van der Waals surface area contributed by atoms with E-state index in [4.69, 9.17) is 23.7 Å². The second-order valence-electron chi connectivity index (χ2n) is 17.3. The number of fused-ring (bicyclic) bond motifs is 9. The van der Waals surface area contributed by atoms with Crippen molar-refractivity contribution in [3.05, 3.63) is 45.6 Å². The molecule has 7 aliphatic carbocycles. The predicted octanol–water partition coefficient (Wildman–Crippen LogP) is 1.74. The van der Waals surface area contributed by atoms with Gasteiger partial charge in [0.2, 0.25) is 0 Å². The standard InChI is InChI=1S/C39H40O13/c1-15-7-28(42)50-14-37(46)23-9-22(23)35(3)24(37)10-20-18(13-49-27(41)6-5-26(40)48-12-15)34(45)52-38(20)25(35)11-21-17-8-19(17)36(4)32(43)30-29(16(2)33(44)51-30)31(38)39(21,36)47/h7,11,17,19,22-25,30-31,46-47H,5-6,8-10,12-14H2,1-4H3/b15-7+/t17-,19?,22+,23-,24+,25-,30-,31+,35-,36?,37-,38-,39+/m0/s1. The molecule has 10 rings (SSSR count). The molecule has 13 heteroatoms. The van der Waals surface area contributed by atoms with E-state index in [1.165, 1.54) is 6.08 Å². The van der Waals surface area contributed by atoms with E-state index in [0.717, 1.165) is 0 Å². The summed E-state index contributed by atoms with van der Waals surface area (Å²) in [5.41, 5.74) is -4.96. The number of ketones is 1. The van der Waals surface area contributed by atoms with Crippen LogP contribution in [0, 0.1) is 52.3 Å². The molecule has 2 bridgehead atoms. The van der Waals surface area contributed by atoms with Gasteiger partial charge in [0, 0.05) is 23.5 Å². The SMILES string of the molecule is CC1=C2[C@H](OC1=O)C(=O)C1(C)C3C[C@@H]3C3=C[C@@H]4[C@]5(OC(=O)C6=C5C[C@H]5[C@](O)(COC(=O)/C=C(\C)COC(=O)CCC(=O)OC6)[C@H]6C[C@H]6[C@]45C)[C@@H]2[C@]31O. The summed E-state index contributed by atoms with van der Waals surface area (Å²) in [5, 5.41) is 26.0. The Bertz CT molecular complexity index is 2000. The summed E-state index contributed by atoms with van der Waals surface area (Å²) in [6.45, 7) is 5.99. The van der Waals surface area contributed by atoms with Crippen LogP contribution in [-0.4, -0.2) is 88.6 Å². The van der Waals surface area contributed by atoms with E-state index >= 15 is 0 Å². The zero-order valence-corrected chi connectivity index (χ0v) is 29.3. The molecule has 1 spiro atoms. The van der Waals surface area contributed by atoms with Crippen LogP contribution in [0.2, 0.25) is 0 Å². The van der Waals surface area contributed by atoms with Gasteiger partial charge in [0.25, 0.3) is 0 Å². The molecular weight excluding hydrogens is 676 g/mol. The highest BCUT2D eigenvalue weighted by Crippen LogP contribution is 2.84. The molecule has 13 atom stereocenters. The van der Waals surface area contributed by atoms with Crippen molar-refractivity contribution in [2.24, 2.45) is 52.3 Å². The number of rotatable bonds is 0. The molecule has 13 nitrogen and oxygen atoms in total. The third kappa shape index (κ3) is 3.49. The summed E-state index contributed by atoms with van der Waals surface area (Å²) in [4.78, 5) is 80.5. The van der Waals surface area contributed by atoms with Crippen LogP contribution in [0.3, 0.4) is 0 Å². The van der Waals surface area contributed by atoms with Crippen LogP contribution in [-0.2, 0) is 52.5 Å². The van der Waals surface area contributed by atoms with E-state index in [2.05, 4.69) is 6.92 Å². The average molecular weight is 717 g/mol. The Morgan fingerprint density at radius 1 is 0.846 bits per heavy atom. The summed E-state index contributed by atoms with van der Waals surface area (Å²) in [7, 11) is 0. The number of carbonyl (C=O) groups excluding carboxylic acids is 6. The fraction of sp³-hybridized carbons (Fsp3) is 0.641. The monoisotopic (exact) mass is 716 g/mol. The number of Topliss-reactive ketones (excluding diaryl/α,β-unsaturated/α-hetero) is 1. The van der Waals surface area contributed by atoms with Crippen molar-refractivity contribution in [1.82, 2.24) is 0 Å². The topological polar surface area (TPSA) is 189 Å². The van der Waals surface area contributed by atoms with Gasteiger partial charge in [-0.05, 0) is 91.4 Å². The van der Waals surface area contributed by atoms with Gasteiger partial charge in [-0.15, -0.1) is 0 Å². The Morgan fingerprint density at radius 3 is 2.29 bits per heavy atom. The molecule has 2 unspecified atom stereocenters. The van der Waals surface area contributed by atoms with Gasteiger partial charge in [-0.1, -0.05) is 13.0 Å². The molecule has 0 radical (unpaired) electrons. The van der Waals surface area contributed by atoms with Crippen LogP contribution < -0.4 is 0 Å². The Labute approximate surface area is 298 Å². The number of cyclic esters (lactones) is 3. The van der Waals surface area contributed by atoms with E-state index in [0.29, 0.717) is 35.1 Å². The number of hydrogen-bond acceptors (Lipinski definition) is 13. The lowest BCUT2D eigenvalue weighted by atomic mass is 9.40. The molecule has 0 amide bonds. The number of ether oxygens (including phenoxy) is 5. The number of carbonyl (C=O) groups is 6. The molecule has 0 aromatic carbocycles. The summed E-state index contributed by atoms with van der Waals surface area (Å²) in [6.07, 6.45) is 2.72. The van der Waals surface area contributed by atoms with Crippen LogP contribution in [0.15, 0.2) is 45.6 Å². The van der Waals surface area contributed by atoms with Crippen LogP contribution in [0.4, 0.5) is 0 Å². The molecule has 0 aromatic heterocycles. The number of esters is 5. The van der Waals surface area contributed by atoms with E-state index in [1.807, 2.05) is 6.08 Å². The summed E-state index contributed by atoms with van der Waals surface area (Å²) < 4.78 is 29.0. The van der Waals surface area contributed by atoms with Crippen molar-refractivity contribution < 1.29 is 62.7 Å². The van der Waals surface area contributed by atoms with Crippen molar-refractivity contribution in [2.45, 2.75) is 82.7 Å². The fourth-order valence-corrected chi connectivity index (χ4v) is 12.9. The first-order valence-corrected chi connectivity index (χ1v) is 18.3. The molecule has 0 aromatic rings. The summed E-state index contributed by atoms with van der Waals surface area (Å²) in [5.74, 6) is -6.84. The highest BCUT2D eigenvalue weighted by molar-refractivity contribution is 6.05. The fourth-order valence-electron chi connectivity index (χ4n) is 12.9. The second kappa shape index (κ2) is 9.71. The van der Waals surface area contributed by atoms with Gasteiger partial charge in [-0.25, -0.2) is 14.4 Å². The van der Waals surface area contributed by atoms with E-state index in [-0.39, 0.29) is 73.1 Å². The Balaban J connectivity index is 1.20. The minimum Gasteiger partial charge on any atom is -0.461 e. The van der Waals surface area contributed by atoms with Crippen molar-refractivity contribution in [1.29, 1.82) is 0 Å². The van der Waals surface area contributed by atoms with Gasteiger partial charge in [0.1, 0.15) is 31.0 Å². The van der Waals surface area contributed by atoms with Crippen molar-refractivity contribution in [3.63, 3.8) is 0 Å². The molecular formula is C39H40O13. The lowest BCUT2D eigenvalue weighted by Gasteiger charge is -2.66. The molecule has 2 N–H and O–H groups in total. The average Bonchev–Trinajstić information content (AvgIpc) is 4.00. The lowest BCUT2D eigenvalue weighted by molar-refractivity contribution is -0.220. The van der Waals surface area contributed by atoms with Crippen LogP contribution >= 0.6 is 0 Å². The highest BCUT2D eigenvalue weighted by atomic mass is 16.6. The second-order valence-corrected chi connectivity index (χ2v) is 17.3. The van der Waals surface area contributed by atoms with E-state index in [1.54, 1.807) is 20.8 Å². The van der Waals surface area contributed by atoms with Crippen molar-refractivity contribution in [2.75, 3.05) is 19.8 Å². The zero-order chi connectivity index (χ0) is 36.7. The van der Waals surface area contributed by atoms with Gasteiger partial charge >= 0.3 is 29.8 Å². The highest BCUT2D eigenvalue weighted by Gasteiger charge is 2.89. The van der Waals surface area contributed by atoms with E-state index < -0.39 is 87.9 Å². The Hall–Kier alpha value is -4.10. The smallest absolute Gasteiger partial charge is 0.338 e. The van der Waals surface area contributed by atoms with Crippen LogP contribution in [0.1, 0.15) is 59.8 Å². The normalized spacial score (nSPS) is 50.8. The van der Waals surface area contributed by atoms with Gasteiger partial charge in [-0.2, -0.15) is 0 Å². The number of aliphatic hydroxyl groups is 2. The third-order valence-electron chi connectivity index (χ3n) is 15.3. The molecule has 274 valence electrons. The third-order valence-corrected chi connectivity index (χ3v) is 15.3.